The van der Waals surface area contributed by atoms with Gasteiger partial charge in [0.2, 0.25) is 0 Å². The van der Waals surface area contributed by atoms with Gasteiger partial charge in [0.15, 0.2) is 11.5 Å². The standard InChI is InChI=1S/C17H22N4O2/c1-12-6-4-7-14(13(12)2)19-16-9-8-15(20-21-16)17(22)18-10-5-11-23-3/h4,6-9H,5,10-11H2,1-3H3,(H,18,22)(H,19,21). The number of rotatable bonds is 7. The maximum atomic E-state index is 11.9. The monoisotopic (exact) mass is 314 g/mol. The molecular weight excluding hydrogens is 292 g/mol. The van der Waals surface area contributed by atoms with Crippen LogP contribution in [0.5, 0.6) is 0 Å². The second-order valence-electron chi connectivity index (χ2n) is 5.28. The topological polar surface area (TPSA) is 76.1 Å². The predicted octanol–water partition coefficient (Wildman–Crippen LogP) is 2.60. The van der Waals surface area contributed by atoms with Crippen LogP contribution in [-0.2, 0) is 4.74 Å². The van der Waals surface area contributed by atoms with Crippen molar-refractivity contribution in [3.8, 4) is 0 Å². The molecule has 122 valence electrons. The van der Waals surface area contributed by atoms with Crippen molar-refractivity contribution in [3.05, 3.63) is 47.2 Å². The molecule has 1 amide bonds. The highest BCUT2D eigenvalue weighted by atomic mass is 16.5. The minimum Gasteiger partial charge on any atom is -0.385 e. The second-order valence-corrected chi connectivity index (χ2v) is 5.28. The van der Waals surface area contributed by atoms with Crippen LogP contribution in [0.1, 0.15) is 28.0 Å². The van der Waals surface area contributed by atoms with E-state index in [4.69, 9.17) is 4.74 Å². The Labute approximate surface area is 136 Å². The van der Waals surface area contributed by atoms with Crippen LogP contribution in [0, 0.1) is 13.8 Å². The van der Waals surface area contributed by atoms with Gasteiger partial charge in [0.25, 0.3) is 5.91 Å². The normalized spacial score (nSPS) is 10.4. The average molecular weight is 314 g/mol. The quantitative estimate of drug-likeness (QED) is 0.768. The van der Waals surface area contributed by atoms with Crippen molar-refractivity contribution in [3.63, 3.8) is 0 Å². The van der Waals surface area contributed by atoms with E-state index < -0.39 is 0 Å². The van der Waals surface area contributed by atoms with E-state index in [0.29, 0.717) is 24.7 Å². The largest absolute Gasteiger partial charge is 0.385 e. The van der Waals surface area contributed by atoms with E-state index in [1.165, 1.54) is 5.56 Å². The van der Waals surface area contributed by atoms with Gasteiger partial charge in [-0.15, -0.1) is 10.2 Å². The average Bonchev–Trinajstić information content (AvgIpc) is 2.56. The Morgan fingerprint density at radius 2 is 2.00 bits per heavy atom. The van der Waals surface area contributed by atoms with E-state index in [-0.39, 0.29) is 5.91 Å². The molecule has 0 saturated heterocycles. The molecule has 0 saturated carbocycles. The molecule has 1 aromatic heterocycles. The van der Waals surface area contributed by atoms with Crippen molar-refractivity contribution in [2.24, 2.45) is 0 Å². The van der Waals surface area contributed by atoms with Gasteiger partial charge in [0.1, 0.15) is 0 Å². The smallest absolute Gasteiger partial charge is 0.271 e. The van der Waals surface area contributed by atoms with E-state index in [1.54, 1.807) is 19.2 Å². The first-order chi connectivity index (χ1) is 11.1. The lowest BCUT2D eigenvalue weighted by Gasteiger charge is -2.10. The number of nitrogens with one attached hydrogen (secondary N) is 2. The van der Waals surface area contributed by atoms with Crippen LogP contribution in [0.2, 0.25) is 0 Å². The molecule has 1 heterocycles. The number of amides is 1. The Balaban J connectivity index is 1.96. The molecule has 2 rings (SSSR count). The van der Waals surface area contributed by atoms with Crippen molar-refractivity contribution < 1.29 is 9.53 Å². The zero-order chi connectivity index (χ0) is 16.7. The fourth-order valence-corrected chi connectivity index (χ4v) is 2.05. The molecule has 1 aromatic carbocycles. The summed E-state index contributed by atoms with van der Waals surface area (Å²) in [6, 6.07) is 9.44. The zero-order valence-electron chi connectivity index (χ0n) is 13.7. The van der Waals surface area contributed by atoms with Crippen molar-refractivity contribution >= 4 is 17.4 Å². The van der Waals surface area contributed by atoms with Gasteiger partial charge in [0, 0.05) is 25.9 Å². The van der Waals surface area contributed by atoms with Gasteiger partial charge >= 0.3 is 0 Å². The lowest BCUT2D eigenvalue weighted by Crippen LogP contribution is -2.26. The number of aryl methyl sites for hydroxylation is 1. The molecule has 0 unspecified atom stereocenters. The molecule has 6 nitrogen and oxygen atoms in total. The minimum atomic E-state index is -0.230. The summed E-state index contributed by atoms with van der Waals surface area (Å²) in [6.07, 6.45) is 0.766. The van der Waals surface area contributed by atoms with Gasteiger partial charge in [-0.05, 0) is 49.6 Å². The van der Waals surface area contributed by atoms with Crippen LogP contribution in [0.15, 0.2) is 30.3 Å². The number of methoxy groups -OCH3 is 1. The predicted molar refractivity (Wildman–Crippen MR) is 90.1 cm³/mol. The number of hydrogen-bond acceptors (Lipinski definition) is 5. The number of carbonyl (C=O) groups excluding carboxylic acids is 1. The van der Waals surface area contributed by atoms with Gasteiger partial charge in [-0.25, -0.2) is 0 Å². The highest BCUT2D eigenvalue weighted by molar-refractivity contribution is 5.92. The number of anilines is 2. The molecule has 0 bridgehead atoms. The number of ether oxygens (including phenoxy) is 1. The van der Waals surface area contributed by atoms with Crippen LogP contribution in [0.4, 0.5) is 11.5 Å². The van der Waals surface area contributed by atoms with Crippen LogP contribution >= 0.6 is 0 Å². The molecular formula is C17H22N4O2. The molecule has 0 aliphatic rings. The highest BCUT2D eigenvalue weighted by Crippen LogP contribution is 2.21. The minimum absolute atomic E-state index is 0.230. The summed E-state index contributed by atoms with van der Waals surface area (Å²) in [5.41, 5.74) is 3.65. The summed E-state index contributed by atoms with van der Waals surface area (Å²) in [7, 11) is 1.63. The van der Waals surface area contributed by atoms with E-state index >= 15 is 0 Å². The van der Waals surface area contributed by atoms with E-state index in [1.807, 2.05) is 19.1 Å². The summed E-state index contributed by atoms with van der Waals surface area (Å²) in [5, 5.41) is 14.0. The van der Waals surface area contributed by atoms with Gasteiger partial charge in [-0.1, -0.05) is 12.1 Å². The third-order valence-corrected chi connectivity index (χ3v) is 3.58. The van der Waals surface area contributed by atoms with Crippen molar-refractivity contribution in [1.29, 1.82) is 0 Å². The van der Waals surface area contributed by atoms with Crippen LogP contribution in [0.25, 0.3) is 0 Å². The van der Waals surface area contributed by atoms with Crippen LogP contribution in [0.3, 0.4) is 0 Å². The summed E-state index contributed by atoms with van der Waals surface area (Å²) in [5.74, 6) is 0.376. The fourth-order valence-electron chi connectivity index (χ4n) is 2.05. The molecule has 0 aliphatic carbocycles. The fraction of sp³-hybridized carbons (Fsp3) is 0.353. The molecule has 23 heavy (non-hydrogen) atoms. The summed E-state index contributed by atoms with van der Waals surface area (Å²) in [6.45, 7) is 5.28. The molecule has 6 heteroatoms. The second kappa shape index (κ2) is 8.24. The molecule has 0 aliphatic heterocycles. The highest BCUT2D eigenvalue weighted by Gasteiger charge is 2.08. The summed E-state index contributed by atoms with van der Waals surface area (Å²) < 4.78 is 4.93. The van der Waals surface area contributed by atoms with Gasteiger partial charge in [-0.3, -0.25) is 4.79 Å². The number of carbonyl (C=O) groups is 1. The first-order valence-corrected chi connectivity index (χ1v) is 7.56. The molecule has 0 spiro atoms. The molecule has 0 fully saturated rings. The number of hydrogen-bond donors (Lipinski definition) is 2. The Kier molecular flexibility index (Phi) is 6.05. The Morgan fingerprint density at radius 1 is 1.17 bits per heavy atom. The summed E-state index contributed by atoms with van der Waals surface area (Å²) >= 11 is 0. The van der Waals surface area contributed by atoms with Crippen molar-refractivity contribution in [2.45, 2.75) is 20.3 Å². The third-order valence-electron chi connectivity index (χ3n) is 3.58. The number of aromatic nitrogens is 2. The van der Waals surface area contributed by atoms with E-state index in [2.05, 4.69) is 33.8 Å². The Hall–Kier alpha value is -2.47. The first-order valence-electron chi connectivity index (χ1n) is 7.56. The molecule has 0 atom stereocenters. The Bertz CT molecular complexity index is 656. The summed E-state index contributed by atoms with van der Waals surface area (Å²) in [4.78, 5) is 11.9. The lowest BCUT2D eigenvalue weighted by atomic mass is 10.1. The zero-order valence-corrected chi connectivity index (χ0v) is 13.7. The molecule has 2 aromatic rings. The lowest BCUT2D eigenvalue weighted by molar-refractivity contribution is 0.0942. The van der Waals surface area contributed by atoms with Crippen molar-refractivity contribution in [2.75, 3.05) is 25.6 Å². The molecule has 2 N–H and O–H groups in total. The maximum Gasteiger partial charge on any atom is 0.271 e. The van der Waals surface area contributed by atoms with Gasteiger partial charge in [0.05, 0.1) is 0 Å². The van der Waals surface area contributed by atoms with E-state index in [9.17, 15) is 4.79 Å². The third kappa shape index (κ3) is 4.75. The SMILES string of the molecule is COCCCNC(=O)c1ccc(Nc2cccc(C)c2C)nn1. The van der Waals surface area contributed by atoms with Gasteiger partial charge < -0.3 is 15.4 Å². The van der Waals surface area contributed by atoms with Crippen LogP contribution < -0.4 is 10.6 Å². The van der Waals surface area contributed by atoms with Crippen LogP contribution in [-0.4, -0.2) is 36.4 Å². The number of benzene rings is 1. The number of nitrogens with zero attached hydrogens (tertiary/aromatic N) is 2. The van der Waals surface area contributed by atoms with Gasteiger partial charge in [-0.2, -0.15) is 0 Å². The first kappa shape index (κ1) is 16.9. The molecule has 0 radical (unpaired) electrons. The van der Waals surface area contributed by atoms with Crippen molar-refractivity contribution in [1.82, 2.24) is 15.5 Å². The van der Waals surface area contributed by atoms with E-state index in [0.717, 1.165) is 17.7 Å². The maximum absolute atomic E-state index is 11.9. The Morgan fingerprint density at radius 3 is 2.70 bits per heavy atom.